The molecule has 0 saturated carbocycles. The van der Waals surface area contributed by atoms with E-state index in [1.54, 1.807) is 0 Å². The Balaban J connectivity index is 2.03. The van der Waals surface area contributed by atoms with Crippen LogP contribution in [-0.2, 0) is 11.3 Å². The molecule has 0 amide bonds. The third kappa shape index (κ3) is 3.10. The van der Waals surface area contributed by atoms with Gasteiger partial charge in [-0.15, -0.1) is 0 Å². The zero-order valence-corrected chi connectivity index (χ0v) is 13.9. The Labute approximate surface area is 138 Å². The number of hydrogen-bond donors (Lipinski definition) is 1. The molecule has 0 aromatic heterocycles. The van der Waals surface area contributed by atoms with Crippen molar-refractivity contribution in [2.75, 3.05) is 13.2 Å². The molecule has 1 N–H and O–H groups in total. The molecule has 2 nitrogen and oxygen atoms in total. The van der Waals surface area contributed by atoms with Gasteiger partial charge < -0.3 is 9.84 Å². The third-order valence-electron chi connectivity index (χ3n) is 4.68. The van der Waals surface area contributed by atoms with Crippen LogP contribution in [0.5, 0.6) is 0 Å². The van der Waals surface area contributed by atoms with Gasteiger partial charge in [0.15, 0.2) is 0 Å². The summed E-state index contributed by atoms with van der Waals surface area (Å²) in [5, 5.41) is 9.43. The van der Waals surface area contributed by atoms with Gasteiger partial charge in [0.1, 0.15) is 0 Å². The van der Waals surface area contributed by atoms with Gasteiger partial charge in [0.25, 0.3) is 0 Å². The molecule has 1 unspecified atom stereocenters. The van der Waals surface area contributed by atoms with E-state index in [1.165, 1.54) is 27.8 Å². The number of aliphatic hydroxyl groups is 1. The summed E-state index contributed by atoms with van der Waals surface area (Å²) in [7, 11) is 0. The van der Waals surface area contributed by atoms with Crippen molar-refractivity contribution in [3.63, 3.8) is 0 Å². The first-order valence-corrected chi connectivity index (χ1v) is 8.34. The van der Waals surface area contributed by atoms with Crippen LogP contribution in [0.15, 0.2) is 54.1 Å². The largest absolute Gasteiger partial charge is 0.392 e. The highest BCUT2D eigenvalue weighted by molar-refractivity contribution is 5.88. The lowest BCUT2D eigenvalue weighted by molar-refractivity contribution is 0.142. The van der Waals surface area contributed by atoms with E-state index in [4.69, 9.17) is 4.74 Å². The van der Waals surface area contributed by atoms with Gasteiger partial charge in [-0.2, -0.15) is 0 Å². The van der Waals surface area contributed by atoms with Crippen molar-refractivity contribution in [2.45, 2.75) is 32.8 Å². The van der Waals surface area contributed by atoms with Crippen LogP contribution in [0.1, 0.15) is 48.4 Å². The first kappa shape index (κ1) is 16.0. The molecule has 0 bridgehead atoms. The Morgan fingerprint density at radius 3 is 2.70 bits per heavy atom. The summed E-state index contributed by atoms with van der Waals surface area (Å²) < 4.78 is 5.58. The number of ether oxygens (including phenoxy) is 1. The molecule has 0 aliphatic heterocycles. The first-order valence-electron chi connectivity index (χ1n) is 8.34. The molecule has 1 atom stereocenters. The molecule has 23 heavy (non-hydrogen) atoms. The lowest BCUT2D eigenvalue weighted by Gasteiger charge is -2.14. The Morgan fingerprint density at radius 2 is 1.91 bits per heavy atom. The fourth-order valence-corrected chi connectivity index (χ4v) is 3.57. The van der Waals surface area contributed by atoms with Gasteiger partial charge in [-0.3, -0.25) is 0 Å². The summed E-state index contributed by atoms with van der Waals surface area (Å²) >= 11 is 0. The van der Waals surface area contributed by atoms with Crippen LogP contribution >= 0.6 is 0 Å². The standard InChI is InChI=1S/C21H24O2/c1-3-23-12-11-18-15(2)21(20-10-5-4-9-19(18)20)17-8-6-7-16(13-17)14-22/h4-10,13,18,22H,3,11-12,14H2,1-2H3. The molecule has 0 fully saturated rings. The molecule has 1 aliphatic carbocycles. The number of hydrogen-bond acceptors (Lipinski definition) is 2. The van der Waals surface area contributed by atoms with E-state index in [2.05, 4.69) is 43.3 Å². The quantitative estimate of drug-likeness (QED) is 0.795. The van der Waals surface area contributed by atoms with Gasteiger partial charge in [-0.05, 0) is 54.2 Å². The summed E-state index contributed by atoms with van der Waals surface area (Å²) in [5.41, 5.74) is 7.59. The van der Waals surface area contributed by atoms with Crippen LogP contribution in [0.3, 0.4) is 0 Å². The summed E-state index contributed by atoms with van der Waals surface area (Å²) in [5.74, 6) is 0.422. The van der Waals surface area contributed by atoms with Gasteiger partial charge >= 0.3 is 0 Å². The van der Waals surface area contributed by atoms with Crippen LogP contribution in [0.4, 0.5) is 0 Å². The highest BCUT2D eigenvalue weighted by atomic mass is 16.5. The van der Waals surface area contributed by atoms with E-state index < -0.39 is 0 Å². The number of fused-ring (bicyclic) bond motifs is 1. The van der Waals surface area contributed by atoms with Crippen molar-refractivity contribution in [1.82, 2.24) is 0 Å². The van der Waals surface area contributed by atoms with Crippen molar-refractivity contribution in [1.29, 1.82) is 0 Å². The second-order valence-corrected chi connectivity index (χ2v) is 6.04. The summed E-state index contributed by atoms with van der Waals surface area (Å²) in [4.78, 5) is 0. The maximum absolute atomic E-state index is 9.43. The van der Waals surface area contributed by atoms with Gasteiger partial charge in [-0.25, -0.2) is 0 Å². The molecular weight excluding hydrogens is 284 g/mol. The maximum Gasteiger partial charge on any atom is 0.0682 e. The Kier molecular flexibility index (Phi) is 4.94. The van der Waals surface area contributed by atoms with Gasteiger partial charge in [0, 0.05) is 19.1 Å². The monoisotopic (exact) mass is 308 g/mol. The molecule has 0 saturated heterocycles. The topological polar surface area (TPSA) is 29.5 Å². The third-order valence-corrected chi connectivity index (χ3v) is 4.68. The minimum Gasteiger partial charge on any atom is -0.392 e. The molecule has 0 heterocycles. The van der Waals surface area contributed by atoms with Crippen molar-refractivity contribution in [3.8, 4) is 0 Å². The van der Waals surface area contributed by atoms with Crippen molar-refractivity contribution < 1.29 is 9.84 Å². The van der Waals surface area contributed by atoms with E-state index in [-0.39, 0.29) is 6.61 Å². The molecular formula is C21H24O2. The minimum absolute atomic E-state index is 0.0790. The Morgan fingerprint density at radius 1 is 1.09 bits per heavy atom. The highest BCUT2D eigenvalue weighted by Gasteiger charge is 2.28. The van der Waals surface area contributed by atoms with Crippen LogP contribution in [0.25, 0.3) is 5.57 Å². The SMILES string of the molecule is CCOCCC1C(C)=C(c2cccc(CO)c2)c2ccccc21. The van der Waals surface area contributed by atoms with E-state index in [1.807, 2.05) is 19.1 Å². The van der Waals surface area contributed by atoms with Crippen LogP contribution in [0, 0.1) is 0 Å². The molecule has 2 aromatic carbocycles. The Bertz CT molecular complexity index is 715. The average molecular weight is 308 g/mol. The van der Waals surface area contributed by atoms with E-state index in [0.717, 1.165) is 25.2 Å². The average Bonchev–Trinajstić information content (AvgIpc) is 2.87. The smallest absolute Gasteiger partial charge is 0.0682 e. The van der Waals surface area contributed by atoms with Gasteiger partial charge in [0.2, 0.25) is 0 Å². The summed E-state index contributed by atoms with van der Waals surface area (Å²) in [6, 6.07) is 16.9. The predicted octanol–water partition coefficient (Wildman–Crippen LogP) is 4.52. The lowest BCUT2D eigenvalue weighted by Crippen LogP contribution is -2.03. The summed E-state index contributed by atoms with van der Waals surface area (Å²) in [6.07, 6.45) is 1.01. The summed E-state index contributed by atoms with van der Waals surface area (Å²) in [6.45, 7) is 5.91. The fourth-order valence-electron chi connectivity index (χ4n) is 3.57. The van der Waals surface area contributed by atoms with Crippen molar-refractivity contribution in [3.05, 3.63) is 76.4 Å². The molecule has 2 aromatic rings. The molecule has 120 valence electrons. The molecule has 1 aliphatic rings. The van der Waals surface area contributed by atoms with Crippen LogP contribution in [-0.4, -0.2) is 18.3 Å². The second kappa shape index (κ2) is 7.12. The first-order chi connectivity index (χ1) is 11.3. The van der Waals surface area contributed by atoms with E-state index >= 15 is 0 Å². The zero-order chi connectivity index (χ0) is 16.2. The second-order valence-electron chi connectivity index (χ2n) is 6.04. The molecule has 0 radical (unpaired) electrons. The fraction of sp³-hybridized carbons (Fsp3) is 0.333. The number of benzene rings is 2. The number of rotatable bonds is 6. The van der Waals surface area contributed by atoms with Crippen LogP contribution in [0.2, 0.25) is 0 Å². The van der Waals surface area contributed by atoms with Crippen molar-refractivity contribution >= 4 is 5.57 Å². The molecule has 3 rings (SSSR count). The number of aliphatic hydroxyl groups excluding tert-OH is 1. The molecule has 2 heteroatoms. The number of allylic oxidation sites excluding steroid dienone is 1. The highest BCUT2D eigenvalue weighted by Crippen LogP contribution is 2.46. The maximum atomic E-state index is 9.43. The Hall–Kier alpha value is -1.90. The minimum atomic E-state index is 0.0790. The van der Waals surface area contributed by atoms with E-state index in [9.17, 15) is 5.11 Å². The van der Waals surface area contributed by atoms with Gasteiger partial charge in [-0.1, -0.05) is 48.0 Å². The van der Waals surface area contributed by atoms with Gasteiger partial charge in [0.05, 0.1) is 6.61 Å². The lowest BCUT2D eigenvalue weighted by atomic mass is 9.93. The van der Waals surface area contributed by atoms with Crippen molar-refractivity contribution in [2.24, 2.45) is 0 Å². The van der Waals surface area contributed by atoms with Crippen LogP contribution < -0.4 is 0 Å². The normalized spacial score (nSPS) is 16.7. The predicted molar refractivity (Wildman–Crippen MR) is 94.4 cm³/mol. The zero-order valence-electron chi connectivity index (χ0n) is 13.9. The molecule has 0 spiro atoms. The van der Waals surface area contributed by atoms with E-state index in [0.29, 0.717) is 5.92 Å².